The van der Waals surface area contributed by atoms with Gasteiger partial charge in [-0.3, -0.25) is 20.2 Å². The lowest BCUT2D eigenvalue weighted by Crippen LogP contribution is -2.70. The lowest BCUT2D eigenvalue weighted by atomic mass is 9.55. The van der Waals surface area contributed by atoms with E-state index in [4.69, 9.17) is 33.7 Å². The molecule has 404 valence electrons. The Morgan fingerprint density at radius 2 is 1.58 bits per heavy atom. The van der Waals surface area contributed by atoms with Gasteiger partial charge in [-0.05, 0) is 104 Å². The van der Waals surface area contributed by atoms with E-state index in [0.29, 0.717) is 66.4 Å². The number of unbranched alkanes of at least 4 members (excludes halogenated alkanes) is 10. The molecule has 6 rings (SSSR count). The van der Waals surface area contributed by atoms with Gasteiger partial charge in [-0.1, -0.05) is 95.4 Å². The number of amides is 2. The first-order valence-electron chi connectivity index (χ1n) is 27.0. The van der Waals surface area contributed by atoms with Crippen molar-refractivity contribution in [2.45, 2.75) is 154 Å². The summed E-state index contributed by atoms with van der Waals surface area (Å²) in [5.41, 5.74) is 3.34. The van der Waals surface area contributed by atoms with Crippen molar-refractivity contribution >= 4 is 29.1 Å². The van der Waals surface area contributed by atoms with Crippen LogP contribution >= 0.6 is 0 Å². The molecule has 2 amide bonds. The summed E-state index contributed by atoms with van der Waals surface area (Å²) in [6.07, 6.45) is 18.8. The van der Waals surface area contributed by atoms with E-state index in [9.17, 15) is 29.9 Å². The van der Waals surface area contributed by atoms with Crippen LogP contribution in [0, 0.1) is 27.9 Å². The predicted molar refractivity (Wildman–Crippen MR) is 286 cm³/mol. The minimum Gasteiger partial charge on any atom is -0.497 e. The number of aliphatic hydroxyl groups is 2. The van der Waals surface area contributed by atoms with Gasteiger partial charge in [-0.25, -0.2) is 4.79 Å². The second-order valence-electron chi connectivity index (χ2n) is 19.7. The maximum atomic E-state index is 14.9. The largest absolute Gasteiger partial charge is 0.497 e. The van der Waals surface area contributed by atoms with Crippen molar-refractivity contribution in [1.29, 1.82) is 0 Å². The van der Waals surface area contributed by atoms with Crippen LogP contribution in [0.5, 0.6) is 23.0 Å². The highest BCUT2D eigenvalue weighted by Crippen LogP contribution is 2.62. The lowest BCUT2D eigenvalue weighted by molar-refractivity contribution is -0.384. The van der Waals surface area contributed by atoms with Crippen LogP contribution in [0.15, 0.2) is 90.1 Å². The molecule has 16 nitrogen and oxygen atoms in total. The van der Waals surface area contributed by atoms with E-state index >= 15 is 0 Å². The summed E-state index contributed by atoms with van der Waals surface area (Å²) < 4.78 is 31.5. The van der Waals surface area contributed by atoms with Crippen molar-refractivity contribution in [1.82, 2.24) is 4.90 Å². The van der Waals surface area contributed by atoms with Crippen LogP contribution in [0.1, 0.15) is 146 Å². The van der Waals surface area contributed by atoms with Gasteiger partial charge in [0.1, 0.15) is 35.6 Å². The molecule has 1 fully saturated rings. The summed E-state index contributed by atoms with van der Waals surface area (Å²) in [7, 11) is 3.05. The first-order chi connectivity index (χ1) is 36.0. The lowest BCUT2D eigenvalue weighted by Gasteiger charge is -2.60. The molecular weight excluding hydrogens is 945 g/mol. The van der Waals surface area contributed by atoms with Crippen LogP contribution in [0.25, 0.3) is 0 Å². The maximum Gasteiger partial charge on any atom is 0.417 e. The van der Waals surface area contributed by atoms with Crippen molar-refractivity contribution in [3.8, 4) is 23.0 Å². The summed E-state index contributed by atoms with van der Waals surface area (Å²) in [4.78, 5) is 47.8. The van der Waals surface area contributed by atoms with Gasteiger partial charge >= 0.3 is 6.09 Å². The second kappa shape index (κ2) is 29.2. The molecule has 2 aliphatic carbocycles. The molecule has 0 bridgehead atoms. The zero-order valence-corrected chi connectivity index (χ0v) is 44.1. The molecule has 6 atom stereocenters. The molecule has 0 spiro atoms. The number of nitrogens with one attached hydrogen (secondary N) is 1. The zero-order chi connectivity index (χ0) is 52.9. The number of anilines is 1. The molecular formula is C58H80N4O12. The number of benzene rings is 3. The van der Waals surface area contributed by atoms with E-state index in [2.05, 4.69) is 31.8 Å². The Balaban J connectivity index is 1.47. The van der Waals surface area contributed by atoms with Crippen molar-refractivity contribution < 1.29 is 53.2 Å². The summed E-state index contributed by atoms with van der Waals surface area (Å²) in [5, 5.41) is 39.3. The van der Waals surface area contributed by atoms with Crippen LogP contribution in [0.2, 0.25) is 0 Å². The van der Waals surface area contributed by atoms with Gasteiger partial charge in [0, 0.05) is 62.3 Å². The molecule has 1 saturated carbocycles. The Morgan fingerprint density at radius 1 is 0.878 bits per heavy atom. The number of rotatable bonds is 32. The van der Waals surface area contributed by atoms with E-state index < -0.39 is 28.8 Å². The van der Waals surface area contributed by atoms with E-state index in [1.54, 1.807) is 49.6 Å². The van der Waals surface area contributed by atoms with Crippen LogP contribution in [-0.2, 0) is 21.0 Å². The summed E-state index contributed by atoms with van der Waals surface area (Å²) in [6.45, 7) is 9.02. The van der Waals surface area contributed by atoms with Gasteiger partial charge in [0.05, 0.1) is 43.1 Å². The number of nitro groups is 1. The molecule has 16 heteroatoms. The Morgan fingerprint density at radius 3 is 2.24 bits per heavy atom. The Labute approximate surface area is 437 Å². The average Bonchev–Trinajstić information content (AvgIpc) is 3.40. The first kappa shape index (κ1) is 57.3. The number of methoxy groups -OCH3 is 2. The number of hydrogen-bond acceptors (Lipinski definition) is 13. The highest BCUT2D eigenvalue weighted by atomic mass is 16.7. The number of nitrogens with zero attached hydrogens (tertiary/aromatic N) is 3. The molecule has 0 unspecified atom stereocenters. The highest BCUT2D eigenvalue weighted by Gasteiger charge is 2.65. The fourth-order valence-electron chi connectivity index (χ4n) is 11.2. The van der Waals surface area contributed by atoms with Gasteiger partial charge in [-0.15, -0.1) is 6.58 Å². The number of carbonyl (C=O) groups is 2. The summed E-state index contributed by atoms with van der Waals surface area (Å²) in [5.74, 6) is -0.714. The standard InChI is InChI=1S/C58H80N4O12/c1-6-9-10-11-12-13-14-15-16-23-54(65)61(32-7-2)53-39-50(60-72-40-41-24-26-43(27-25-41)62(67)68)47-36-42(21-17-19-33-63)46(22-18-20-34-64)55-48-37-45(29-31-51(48)74-58(53,56(47)55)71-35-8-3)73-57(66)59-49-30-28-44(69-4)38-52(49)70-5/h8,24-31,36-38,42,46,53,55-56,63-64H,3,6-7,9-23,32-35,39-40H2,1-2,4-5H3,(H,59,66)/t42-,46+,53-,55+,56+,58+/m0/s1. The van der Waals surface area contributed by atoms with E-state index in [0.717, 1.165) is 62.5 Å². The molecule has 3 aromatic carbocycles. The SMILES string of the molecule is C=CCO[C@@]12Oc3ccc(OC(=O)Nc4ccc(OC)cc4OC)cc3[C@H]3[C@H](CCCCO)[C@@H](CCCCO)C=C(C(=NOCc4ccc([N+](=O)[O-])cc4)C[C@@H]1N(CCC)C(=O)CCCCCCCCCCC)[C@H]32. The number of non-ortho nitro benzene ring substituents is 1. The van der Waals surface area contributed by atoms with Crippen LogP contribution in [0.3, 0.4) is 0 Å². The molecule has 0 radical (unpaired) electrons. The van der Waals surface area contributed by atoms with Gasteiger partial charge < -0.3 is 43.6 Å². The predicted octanol–water partition coefficient (Wildman–Crippen LogP) is 12.2. The zero-order valence-electron chi connectivity index (χ0n) is 44.1. The topological polar surface area (TPSA) is 201 Å². The third kappa shape index (κ3) is 14.7. The average molecular weight is 1030 g/mol. The quantitative estimate of drug-likeness (QED) is 0.0232. The number of carbonyl (C=O) groups excluding carboxylic acids is 2. The van der Waals surface area contributed by atoms with E-state index in [1.165, 1.54) is 51.3 Å². The summed E-state index contributed by atoms with van der Waals surface area (Å²) in [6, 6.07) is 15.9. The second-order valence-corrected chi connectivity index (χ2v) is 19.7. The first-order valence-corrected chi connectivity index (χ1v) is 27.0. The normalized spacial score (nSPS) is 21.1. The van der Waals surface area contributed by atoms with Gasteiger partial charge in [0.25, 0.3) is 5.69 Å². The fourth-order valence-corrected chi connectivity index (χ4v) is 11.2. The third-order valence-corrected chi connectivity index (χ3v) is 14.7. The Hall–Kier alpha value is -5.97. The highest BCUT2D eigenvalue weighted by molar-refractivity contribution is 6.03. The Bertz CT molecular complexity index is 2360. The molecule has 0 saturated heterocycles. The van der Waals surface area contributed by atoms with Crippen molar-refractivity contribution in [2.24, 2.45) is 22.9 Å². The molecule has 0 aromatic heterocycles. The summed E-state index contributed by atoms with van der Waals surface area (Å²) >= 11 is 0. The van der Waals surface area contributed by atoms with Crippen LogP contribution in [0.4, 0.5) is 16.2 Å². The molecule has 1 aliphatic heterocycles. The minimum absolute atomic E-state index is 0.00587. The van der Waals surface area contributed by atoms with Gasteiger partial charge in [0.2, 0.25) is 11.7 Å². The van der Waals surface area contributed by atoms with Crippen molar-refractivity contribution in [3.63, 3.8) is 0 Å². The molecule has 3 N–H and O–H groups in total. The molecule has 74 heavy (non-hydrogen) atoms. The van der Waals surface area contributed by atoms with Crippen LogP contribution in [-0.4, -0.2) is 90.2 Å². The molecule has 3 aliphatic rings. The smallest absolute Gasteiger partial charge is 0.417 e. The number of ether oxygens (including phenoxy) is 5. The van der Waals surface area contributed by atoms with E-state index in [-0.39, 0.29) is 67.9 Å². The monoisotopic (exact) mass is 1020 g/mol. The van der Waals surface area contributed by atoms with Crippen LogP contribution < -0.4 is 24.3 Å². The van der Waals surface area contributed by atoms with Crippen molar-refractivity contribution in [3.05, 3.63) is 106 Å². The van der Waals surface area contributed by atoms with E-state index in [1.807, 2.05) is 17.0 Å². The maximum absolute atomic E-state index is 14.9. The van der Waals surface area contributed by atoms with Gasteiger partial charge in [-0.2, -0.15) is 0 Å². The number of hydrogen-bond donors (Lipinski definition) is 3. The minimum atomic E-state index is -1.45. The molecule has 1 heterocycles. The van der Waals surface area contributed by atoms with Crippen molar-refractivity contribution in [2.75, 3.05) is 45.9 Å². The Kier molecular flexibility index (Phi) is 22.6. The number of fused-ring (bicyclic) bond motifs is 2. The van der Waals surface area contributed by atoms with Gasteiger partial charge in [0.15, 0.2) is 0 Å². The molecule has 3 aromatic rings. The number of nitro benzene ring substituents is 1. The number of allylic oxidation sites excluding steroid dienone is 1. The number of aliphatic hydroxyl groups excluding tert-OH is 2. The third-order valence-electron chi connectivity index (χ3n) is 14.7. The number of oxime groups is 1. The fraction of sp³-hybridized carbons (Fsp3) is 0.569.